The van der Waals surface area contributed by atoms with Gasteiger partial charge in [0.1, 0.15) is 5.75 Å². The number of anilines is 1. The van der Waals surface area contributed by atoms with E-state index in [1.54, 1.807) is 0 Å². The van der Waals surface area contributed by atoms with Gasteiger partial charge in [-0.15, -0.1) is 0 Å². The molecule has 0 unspecified atom stereocenters. The Kier molecular flexibility index (Phi) is 4.31. The lowest BCUT2D eigenvalue weighted by Crippen LogP contribution is -2.18. The number of benzene rings is 1. The van der Waals surface area contributed by atoms with E-state index in [0.717, 1.165) is 36.6 Å². The van der Waals surface area contributed by atoms with Crippen LogP contribution in [-0.2, 0) is 11.2 Å². The highest BCUT2D eigenvalue weighted by molar-refractivity contribution is 7.98. The van der Waals surface area contributed by atoms with E-state index in [1.165, 1.54) is 5.56 Å². The number of aryl methyl sites for hydroxylation is 1. The standard InChI is InChI=1S/C13H17NO2S/c1-17-8-2-7-16-11-5-3-10-4-6-13(15)14-12(10)9-11/h3,5,9H,2,4,6-8H2,1H3,(H,14,15). The molecule has 1 amide bonds. The molecule has 1 aliphatic heterocycles. The van der Waals surface area contributed by atoms with Crippen LogP contribution in [0.1, 0.15) is 18.4 Å². The Morgan fingerprint density at radius 3 is 3.12 bits per heavy atom. The number of hydrogen-bond donors (Lipinski definition) is 1. The summed E-state index contributed by atoms with van der Waals surface area (Å²) in [5.74, 6) is 2.05. The third-order valence-corrected chi connectivity index (χ3v) is 3.44. The lowest BCUT2D eigenvalue weighted by molar-refractivity contribution is -0.116. The number of ether oxygens (including phenoxy) is 1. The lowest BCUT2D eigenvalue weighted by Gasteiger charge is -2.17. The molecule has 0 bridgehead atoms. The molecule has 4 heteroatoms. The van der Waals surface area contributed by atoms with E-state index in [9.17, 15) is 4.79 Å². The zero-order valence-corrected chi connectivity index (χ0v) is 10.8. The predicted octanol–water partition coefficient (Wildman–Crippen LogP) is 2.70. The SMILES string of the molecule is CSCCCOc1ccc2c(c1)NC(=O)CC2. The number of rotatable bonds is 5. The minimum atomic E-state index is 0.0945. The van der Waals surface area contributed by atoms with Gasteiger partial charge in [-0.2, -0.15) is 11.8 Å². The predicted molar refractivity (Wildman–Crippen MR) is 71.9 cm³/mol. The highest BCUT2D eigenvalue weighted by Crippen LogP contribution is 2.27. The Bertz CT molecular complexity index is 406. The molecule has 0 atom stereocenters. The summed E-state index contributed by atoms with van der Waals surface area (Å²) in [6.45, 7) is 0.730. The van der Waals surface area contributed by atoms with Gasteiger partial charge in [-0.25, -0.2) is 0 Å². The monoisotopic (exact) mass is 251 g/mol. The van der Waals surface area contributed by atoms with Crippen LogP contribution in [0.5, 0.6) is 5.75 Å². The second kappa shape index (κ2) is 5.96. The minimum absolute atomic E-state index is 0.0945. The fraction of sp³-hybridized carbons (Fsp3) is 0.462. The van der Waals surface area contributed by atoms with Crippen LogP contribution >= 0.6 is 11.8 Å². The molecule has 1 heterocycles. The summed E-state index contributed by atoms with van der Waals surface area (Å²) >= 11 is 1.82. The van der Waals surface area contributed by atoms with Crippen LogP contribution in [0.2, 0.25) is 0 Å². The summed E-state index contributed by atoms with van der Waals surface area (Å²) < 4.78 is 5.64. The van der Waals surface area contributed by atoms with Crippen LogP contribution in [0.4, 0.5) is 5.69 Å². The molecule has 3 nitrogen and oxygen atoms in total. The average Bonchev–Trinajstić information content (AvgIpc) is 2.34. The minimum Gasteiger partial charge on any atom is -0.493 e. The van der Waals surface area contributed by atoms with Gasteiger partial charge >= 0.3 is 0 Å². The van der Waals surface area contributed by atoms with Crippen molar-refractivity contribution in [2.75, 3.05) is 23.9 Å². The van der Waals surface area contributed by atoms with Gasteiger partial charge in [0, 0.05) is 18.2 Å². The molecule has 1 aromatic rings. The normalized spacial score (nSPS) is 14.1. The Morgan fingerprint density at radius 1 is 1.41 bits per heavy atom. The van der Waals surface area contributed by atoms with Gasteiger partial charge in [0.15, 0.2) is 0 Å². The topological polar surface area (TPSA) is 38.3 Å². The van der Waals surface area contributed by atoms with Crippen molar-refractivity contribution in [2.24, 2.45) is 0 Å². The van der Waals surface area contributed by atoms with Crippen molar-refractivity contribution in [3.8, 4) is 5.75 Å². The van der Waals surface area contributed by atoms with Crippen LogP contribution in [0, 0.1) is 0 Å². The first-order chi connectivity index (χ1) is 8.29. The number of carbonyl (C=O) groups is 1. The lowest BCUT2D eigenvalue weighted by atomic mass is 10.0. The van der Waals surface area contributed by atoms with Crippen molar-refractivity contribution in [1.29, 1.82) is 0 Å². The van der Waals surface area contributed by atoms with Crippen molar-refractivity contribution in [3.05, 3.63) is 23.8 Å². The third kappa shape index (κ3) is 3.40. The molecule has 0 aliphatic carbocycles. The highest BCUT2D eigenvalue weighted by atomic mass is 32.2. The van der Waals surface area contributed by atoms with Crippen LogP contribution in [0.15, 0.2) is 18.2 Å². The van der Waals surface area contributed by atoms with Crippen LogP contribution in [-0.4, -0.2) is 24.5 Å². The van der Waals surface area contributed by atoms with Crippen molar-refractivity contribution >= 4 is 23.4 Å². The van der Waals surface area contributed by atoms with Crippen molar-refractivity contribution in [1.82, 2.24) is 0 Å². The third-order valence-electron chi connectivity index (χ3n) is 2.74. The number of hydrogen-bond acceptors (Lipinski definition) is 3. The molecular formula is C13H17NO2S. The van der Waals surface area contributed by atoms with Crippen molar-refractivity contribution in [3.63, 3.8) is 0 Å². The molecule has 0 saturated heterocycles. The maximum atomic E-state index is 11.3. The first-order valence-electron chi connectivity index (χ1n) is 5.84. The van der Waals surface area contributed by atoms with E-state index in [2.05, 4.69) is 11.6 Å². The highest BCUT2D eigenvalue weighted by Gasteiger charge is 2.14. The maximum absolute atomic E-state index is 11.3. The first-order valence-corrected chi connectivity index (χ1v) is 7.23. The molecule has 0 fully saturated rings. The second-order valence-electron chi connectivity index (χ2n) is 4.06. The Labute approximate surface area is 106 Å². The van der Waals surface area contributed by atoms with Crippen LogP contribution in [0.25, 0.3) is 0 Å². The molecule has 0 radical (unpaired) electrons. The molecule has 17 heavy (non-hydrogen) atoms. The van der Waals surface area contributed by atoms with Gasteiger partial charge in [-0.3, -0.25) is 4.79 Å². The van der Waals surface area contributed by atoms with Crippen molar-refractivity contribution < 1.29 is 9.53 Å². The Balaban J connectivity index is 1.95. The zero-order valence-electron chi connectivity index (χ0n) is 9.99. The van der Waals surface area contributed by atoms with Gasteiger partial charge in [0.25, 0.3) is 0 Å². The summed E-state index contributed by atoms with van der Waals surface area (Å²) in [6, 6.07) is 5.94. The molecule has 92 valence electrons. The fourth-order valence-corrected chi connectivity index (χ4v) is 2.24. The van der Waals surface area contributed by atoms with E-state index in [1.807, 2.05) is 30.0 Å². The van der Waals surface area contributed by atoms with Gasteiger partial charge in [-0.1, -0.05) is 6.07 Å². The molecule has 1 aromatic carbocycles. The molecule has 0 aromatic heterocycles. The largest absolute Gasteiger partial charge is 0.493 e. The molecule has 1 aliphatic rings. The quantitative estimate of drug-likeness (QED) is 0.818. The van der Waals surface area contributed by atoms with E-state index < -0.39 is 0 Å². The molecule has 0 saturated carbocycles. The molecule has 1 N–H and O–H groups in total. The van der Waals surface area contributed by atoms with E-state index >= 15 is 0 Å². The summed E-state index contributed by atoms with van der Waals surface area (Å²) in [6.07, 6.45) is 4.55. The second-order valence-corrected chi connectivity index (χ2v) is 5.05. The molecule has 0 spiro atoms. The summed E-state index contributed by atoms with van der Waals surface area (Å²) in [4.78, 5) is 11.3. The zero-order chi connectivity index (χ0) is 12.1. The van der Waals surface area contributed by atoms with Crippen molar-refractivity contribution in [2.45, 2.75) is 19.3 Å². The Morgan fingerprint density at radius 2 is 2.29 bits per heavy atom. The summed E-state index contributed by atoms with van der Waals surface area (Å²) in [7, 11) is 0. The maximum Gasteiger partial charge on any atom is 0.224 e. The number of carbonyl (C=O) groups excluding carboxylic acids is 1. The van der Waals surface area contributed by atoms with E-state index in [4.69, 9.17) is 4.74 Å². The van der Waals surface area contributed by atoms with Gasteiger partial charge in [0.05, 0.1) is 6.61 Å². The smallest absolute Gasteiger partial charge is 0.224 e. The van der Waals surface area contributed by atoms with Crippen LogP contribution < -0.4 is 10.1 Å². The van der Waals surface area contributed by atoms with Gasteiger partial charge in [0.2, 0.25) is 5.91 Å². The summed E-state index contributed by atoms with van der Waals surface area (Å²) in [5, 5.41) is 2.88. The Hall–Kier alpha value is -1.16. The van der Waals surface area contributed by atoms with Gasteiger partial charge in [-0.05, 0) is 36.5 Å². The number of fused-ring (bicyclic) bond motifs is 1. The average molecular weight is 251 g/mol. The summed E-state index contributed by atoms with van der Waals surface area (Å²) in [5.41, 5.74) is 2.10. The first kappa shape index (κ1) is 12.3. The fourth-order valence-electron chi connectivity index (χ4n) is 1.83. The van der Waals surface area contributed by atoms with E-state index in [0.29, 0.717) is 6.42 Å². The molecule has 2 rings (SSSR count). The van der Waals surface area contributed by atoms with Crippen LogP contribution in [0.3, 0.4) is 0 Å². The number of nitrogens with one attached hydrogen (secondary N) is 1. The molecular weight excluding hydrogens is 234 g/mol. The number of amides is 1. The van der Waals surface area contributed by atoms with Gasteiger partial charge < -0.3 is 10.1 Å². The number of thioether (sulfide) groups is 1. The van der Waals surface area contributed by atoms with E-state index in [-0.39, 0.29) is 5.91 Å².